The summed E-state index contributed by atoms with van der Waals surface area (Å²) in [7, 11) is 0. The van der Waals surface area contributed by atoms with Gasteiger partial charge in [-0.3, -0.25) is 4.90 Å². The number of rotatable bonds is 7. The standard InChI is InChI=1S/C17H27FN2O/c1-14-12-20(13-15(2)21-14)10-6-5-9-19-11-16-7-3-4-8-17(16)18/h3-4,7-8,14-15,19H,5-6,9-13H2,1-2H3. The van der Waals surface area contributed by atoms with Gasteiger partial charge in [-0.25, -0.2) is 4.39 Å². The van der Waals surface area contributed by atoms with Gasteiger partial charge in [0.1, 0.15) is 5.82 Å². The largest absolute Gasteiger partial charge is 0.373 e. The minimum absolute atomic E-state index is 0.124. The molecule has 1 aromatic rings. The van der Waals surface area contributed by atoms with Crippen molar-refractivity contribution < 1.29 is 9.13 Å². The molecule has 1 heterocycles. The second kappa shape index (κ2) is 8.47. The van der Waals surface area contributed by atoms with Crippen LogP contribution in [0.15, 0.2) is 24.3 Å². The van der Waals surface area contributed by atoms with Crippen molar-refractivity contribution >= 4 is 0 Å². The Kier molecular flexibility index (Phi) is 6.61. The third-order valence-electron chi connectivity index (χ3n) is 3.85. The zero-order chi connectivity index (χ0) is 15.1. The number of benzene rings is 1. The molecular formula is C17H27FN2O. The lowest BCUT2D eigenvalue weighted by Crippen LogP contribution is -2.45. The average molecular weight is 294 g/mol. The van der Waals surface area contributed by atoms with E-state index in [1.807, 2.05) is 12.1 Å². The van der Waals surface area contributed by atoms with Crippen LogP contribution in [0.2, 0.25) is 0 Å². The predicted molar refractivity (Wildman–Crippen MR) is 83.8 cm³/mol. The van der Waals surface area contributed by atoms with Crippen LogP contribution < -0.4 is 5.32 Å². The third-order valence-corrected chi connectivity index (χ3v) is 3.85. The molecule has 2 rings (SSSR count). The van der Waals surface area contributed by atoms with Crippen LogP contribution >= 0.6 is 0 Å². The van der Waals surface area contributed by atoms with Gasteiger partial charge in [0.15, 0.2) is 0 Å². The molecule has 0 spiro atoms. The summed E-state index contributed by atoms with van der Waals surface area (Å²) >= 11 is 0. The molecule has 0 amide bonds. The SMILES string of the molecule is CC1CN(CCCCNCc2ccccc2F)CC(C)O1. The smallest absolute Gasteiger partial charge is 0.127 e. The van der Waals surface area contributed by atoms with Crippen molar-refractivity contribution in [2.24, 2.45) is 0 Å². The summed E-state index contributed by atoms with van der Waals surface area (Å²) in [6, 6.07) is 6.95. The lowest BCUT2D eigenvalue weighted by molar-refractivity contribution is -0.0681. The molecule has 1 fully saturated rings. The normalized spacial score (nSPS) is 23.4. The Hall–Kier alpha value is -0.970. The lowest BCUT2D eigenvalue weighted by Gasteiger charge is -2.35. The molecule has 2 atom stereocenters. The molecule has 1 N–H and O–H groups in total. The highest BCUT2D eigenvalue weighted by Gasteiger charge is 2.21. The molecule has 0 aromatic heterocycles. The first-order valence-corrected chi connectivity index (χ1v) is 7.97. The van der Waals surface area contributed by atoms with Gasteiger partial charge in [0.25, 0.3) is 0 Å². The van der Waals surface area contributed by atoms with E-state index in [9.17, 15) is 4.39 Å². The van der Waals surface area contributed by atoms with E-state index >= 15 is 0 Å². The minimum Gasteiger partial charge on any atom is -0.373 e. The van der Waals surface area contributed by atoms with Crippen molar-refractivity contribution in [2.45, 2.75) is 45.4 Å². The Bertz CT molecular complexity index is 417. The van der Waals surface area contributed by atoms with Crippen molar-refractivity contribution in [3.05, 3.63) is 35.6 Å². The summed E-state index contributed by atoms with van der Waals surface area (Å²) in [4.78, 5) is 2.48. The van der Waals surface area contributed by atoms with E-state index in [0.29, 0.717) is 18.8 Å². The number of ether oxygens (including phenoxy) is 1. The molecule has 0 aliphatic carbocycles. The van der Waals surface area contributed by atoms with Crippen LogP contribution in [0.5, 0.6) is 0 Å². The van der Waals surface area contributed by atoms with E-state index in [1.54, 1.807) is 6.07 Å². The molecule has 118 valence electrons. The molecule has 1 aliphatic heterocycles. The van der Waals surface area contributed by atoms with Crippen LogP contribution in [-0.4, -0.2) is 43.3 Å². The summed E-state index contributed by atoms with van der Waals surface area (Å²) in [6.45, 7) is 9.01. The maximum atomic E-state index is 13.4. The Morgan fingerprint density at radius 2 is 1.90 bits per heavy atom. The molecule has 0 saturated carbocycles. The number of nitrogens with one attached hydrogen (secondary N) is 1. The minimum atomic E-state index is -0.124. The Balaban J connectivity index is 1.55. The second-order valence-corrected chi connectivity index (χ2v) is 5.99. The monoisotopic (exact) mass is 294 g/mol. The summed E-state index contributed by atoms with van der Waals surface area (Å²) in [5.74, 6) is -0.124. The fourth-order valence-corrected chi connectivity index (χ4v) is 2.92. The van der Waals surface area contributed by atoms with E-state index < -0.39 is 0 Å². The van der Waals surface area contributed by atoms with E-state index in [0.717, 1.165) is 38.2 Å². The van der Waals surface area contributed by atoms with Gasteiger partial charge in [-0.1, -0.05) is 18.2 Å². The Labute approximate surface area is 127 Å². The molecular weight excluding hydrogens is 267 g/mol. The molecule has 4 heteroatoms. The summed E-state index contributed by atoms with van der Waals surface area (Å²) in [5.41, 5.74) is 0.744. The number of unbranched alkanes of at least 4 members (excludes halogenated alkanes) is 1. The van der Waals surface area contributed by atoms with E-state index in [1.165, 1.54) is 12.5 Å². The van der Waals surface area contributed by atoms with Gasteiger partial charge < -0.3 is 10.1 Å². The maximum Gasteiger partial charge on any atom is 0.127 e. The van der Waals surface area contributed by atoms with Crippen molar-refractivity contribution in [1.82, 2.24) is 10.2 Å². The van der Waals surface area contributed by atoms with Gasteiger partial charge in [0.05, 0.1) is 12.2 Å². The van der Waals surface area contributed by atoms with Crippen molar-refractivity contribution in [2.75, 3.05) is 26.2 Å². The van der Waals surface area contributed by atoms with Crippen LogP contribution in [0.4, 0.5) is 4.39 Å². The molecule has 1 aliphatic rings. The summed E-state index contributed by atoms with van der Waals surface area (Å²) in [6.07, 6.45) is 2.97. The first-order chi connectivity index (χ1) is 10.1. The molecule has 21 heavy (non-hydrogen) atoms. The summed E-state index contributed by atoms with van der Waals surface area (Å²) < 4.78 is 19.2. The van der Waals surface area contributed by atoms with E-state index in [4.69, 9.17) is 4.74 Å². The average Bonchev–Trinajstić information content (AvgIpc) is 2.43. The zero-order valence-electron chi connectivity index (χ0n) is 13.1. The highest BCUT2D eigenvalue weighted by Crippen LogP contribution is 2.11. The van der Waals surface area contributed by atoms with Gasteiger partial charge in [-0.15, -0.1) is 0 Å². The topological polar surface area (TPSA) is 24.5 Å². The van der Waals surface area contributed by atoms with Crippen molar-refractivity contribution in [1.29, 1.82) is 0 Å². The Morgan fingerprint density at radius 1 is 1.19 bits per heavy atom. The highest BCUT2D eigenvalue weighted by atomic mass is 19.1. The van der Waals surface area contributed by atoms with Crippen molar-refractivity contribution in [3.8, 4) is 0 Å². The summed E-state index contributed by atoms with van der Waals surface area (Å²) in [5, 5.41) is 3.31. The first kappa shape index (κ1) is 16.4. The zero-order valence-corrected chi connectivity index (χ0v) is 13.1. The number of morpholine rings is 1. The fraction of sp³-hybridized carbons (Fsp3) is 0.647. The first-order valence-electron chi connectivity index (χ1n) is 7.97. The Morgan fingerprint density at radius 3 is 2.62 bits per heavy atom. The molecule has 0 bridgehead atoms. The van der Waals surface area contributed by atoms with Gasteiger partial charge in [-0.05, 0) is 45.8 Å². The molecule has 0 radical (unpaired) electrons. The quantitative estimate of drug-likeness (QED) is 0.783. The predicted octanol–water partition coefficient (Wildman–Crippen LogP) is 2.80. The number of halogens is 1. The van der Waals surface area contributed by atoms with Gasteiger partial charge in [-0.2, -0.15) is 0 Å². The maximum absolute atomic E-state index is 13.4. The second-order valence-electron chi connectivity index (χ2n) is 5.99. The molecule has 1 saturated heterocycles. The van der Waals surface area contributed by atoms with Gasteiger partial charge in [0, 0.05) is 25.2 Å². The molecule has 1 aromatic carbocycles. The number of nitrogens with zero attached hydrogens (tertiary/aromatic N) is 1. The highest BCUT2D eigenvalue weighted by molar-refractivity contribution is 5.16. The molecule has 2 unspecified atom stereocenters. The van der Waals surface area contributed by atoms with Crippen LogP contribution in [0.1, 0.15) is 32.3 Å². The number of hydrogen-bond acceptors (Lipinski definition) is 3. The van der Waals surface area contributed by atoms with E-state index in [2.05, 4.69) is 24.1 Å². The van der Waals surface area contributed by atoms with Crippen LogP contribution in [0.3, 0.4) is 0 Å². The van der Waals surface area contributed by atoms with E-state index in [-0.39, 0.29) is 5.82 Å². The van der Waals surface area contributed by atoms with Crippen molar-refractivity contribution in [3.63, 3.8) is 0 Å². The van der Waals surface area contributed by atoms with Gasteiger partial charge in [0.2, 0.25) is 0 Å². The van der Waals surface area contributed by atoms with Crippen LogP contribution in [-0.2, 0) is 11.3 Å². The third kappa shape index (κ3) is 5.73. The van der Waals surface area contributed by atoms with Crippen LogP contribution in [0, 0.1) is 5.82 Å². The molecule has 3 nitrogen and oxygen atoms in total. The van der Waals surface area contributed by atoms with Crippen LogP contribution in [0.25, 0.3) is 0 Å². The van der Waals surface area contributed by atoms with Gasteiger partial charge >= 0.3 is 0 Å². The fourth-order valence-electron chi connectivity index (χ4n) is 2.92. The number of hydrogen-bond donors (Lipinski definition) is 1. The lowest BCUT2D eigenvalue weighted by atomic mass is 10.2.